The van der Waals surface area contributed by atoms with Crippen molar-refractivity contribution in [3.05, 3.63) is 62.4 Å². The predicted molar refractivity (Wildman–Crippen MR) is 104 cm³/mol. The van der Waals surface area contributed by atoms with E-state index in [1.54, 1.807) is 52.1 Å². The molecule has 2 rings (SSSR count). The maximum absolute atomic E-state index is 12.7. The minimum Gasteiger partial charge on any atom is -0.308 e. The summed E-state index contributed by atoms with van der Waals surface area (Å²) in [5.41, 5.74) is -0.349. The number of aryl methyl sites for hydroxylation is 1. The summed E-state index contributed by atoms with van der Waals surface area (Å²) in [5, 5.41) is 3.09. The van der Waals surface area contributed by atoms with Gasteiger partial charge in [0.1, 0.15) is 0 Å². The molecule has 0 aliphatic rings. The Morgan fingerprint density at radius 3 is 2.22 bits per heavy atom. The number of sulfonamides is 1. The van der Waals surface area contributed by atoms with Crippen LogP contribution in [0.5, 0.6) is 0 Å². The first-order chi connectivity index (χ1) is 12.4. The average Bonchev–Trinajstić information content (AvgIpc) is 2.55. The normalized spacial score (nSPS) is 12.3. The van der Waals surface area contributed by atoms with E-state index in [1.165, 1.54) is 17.8 Å². The third-order valence-corrected chi connectivity index (χ3v) is 5.71. The molecule has 9 heteroatoms. The minimum absolute atomic E-state index is 0.195. The van der Waals surface area contributed by atoms with Gasteiger partial charge in [0.05, 0.1) is 4.90 Å². The summed E-state index contributed by atoms with van der Waals surface area (Å²) < 4.78 is 30.3. The van der Waals surface area contributed by atoms with Gasteiger partial charge in [-0.3, -0.25) is 9.36 Å². The lowest BCUT2D eigenvalue weighted by atomic mass is 10.1. The molecule has 0 aliphatic heterocycles. The number of nitrogens with zero attached hydrogens (tertiary/aromatic N) is 2. The monoisotopic (exact) mass is 394 g/mol. The smallest absolute Gasteiger partial charge is 0.308 e. The summed E-state index contributed by atoms with van der Waals surface area (Å²) in [6, 6.07) is 6.71. The molecule has 1 heterocycles. The maximum Gasteiger partial charge on any atom is 0.330 e. The van der Waals surface area contributed by atoms with Gasteiger partial charge in [0, 0.05) is 44.5 Å². The van der Waals surface area contributed by atoms with Gasteiger partial charge in [-0.05, 0) is 32.4 Å². The van der Waals surface area contributed by atoms with Crippen LogP contribution < -0.4 is 21.3 Å². The van der Waals surface area contributed by atoms with Crippen LogP contribution in [-0.2, 0) is 37.2 Å². The molecule has 2 aromatic rings. The van der Waals surface area contributed by atoms with Crippen molar-refractivity contribution in [3.63, 3.8) is 0 Å². The van der Waals surface area contributed by atoms with Crippen molar-refractivity contribution in [2.45, 2.75) is 44.3 Å². The van der Waals surface area contributed by atoms with E-state index in [1.807, 2.05) is 0 Å². The minimum atomic E-state index is -3.67. The van der Waals surface area contributed by atoms with Gasteiger partial charge < -0.3 is 9.88 Å². The zero-order chi connectivity index (χ0) is 20.4. The molecule has 1 aromatic heterocycles. The Bertz CT molecular complexity index is 1050. The van der Waals surface area contributed by atoms with Crippen LogP contribution in [0.1, 0.15) is 31.9 Å². The van der Waals surface area contributed by atoms with E-state index in [4.69, 9.17) is 0 Å². The molecule has 0 bridgehead atoms. The van der Waals surface area contributed by atoms with Crippen LogP contribution in [0.25, 0.3) is 0 Å². The van der Waals surface area contributed by atoms with Crippen molar-refractivity contribution in [1.82, 2.24) is 19.2 Å². The SMILES string of the molecule is Cn1cc(CNCc2ccccc2S(=O)(=O)NC(C)(C)C)c(=O)n(C)c1=O. The molecule has 0 saturated heterocycles. The van der Waals surface area contributed by atoms with Crippen molar-refractivity contribution in [1.29, 1.82) is 0 Å². The quantitative estimate of drug-likeness (QED) is 0.741. The van der Waals surface area contributed by atoms with E-state index in [0.29, 0.717) is 11.1 Å². The summed E-state index contributed by atoms with van der Waals surface area (Å²) in [7, 11) is -0.673. The molecule has 27 heavy (non-hydrogen) atoms. The molecule has 148 valence electrons. The first kappa shape index (κ1) is 21.1. The molecule has 8 nitrogen and oxygen atoms in total. The van der Waals surface area contributed by atoms with Gasteiger partial charge in [0.15, 0.2) is 0 Å². The Balaban J connectivity index is 2.22. The standard InChI is InChI=1S/C18H26N4O4S/c1-18(2,3)20-27(25,26)15-9-7-6-8-13(15)10-19-11-14-12-21(4)17(24)22(5)16(14)23/h6-9,12,19-20H,10-11H2,1-5H3. The van der Waals surface area contributed by atoms with Gasteiger partial charge >= 0.3 is 5.69 Å². The lowest BCUT2D eigenvalue weighted by molar-refractivity contribution is 0.490. The van der Waals surface area contributed by atoms with Gasteiger partial charge in [-0.15, -0.1) is 0 Å². The molecule has 2 N–H and O–H groups in total. The van der Waals surface area contributed by atoms with Crippen LogP contribution in [0.3, 0.4) is 0 Å². The van der Waals surface area contributed by atoms with E-state index in [-0.39, 0.29) is 23.5 Å². The Hall–Kier alpha value is -2.23. The first-order valence-corrected chi connectivity index (χ1v) is 9.99. The van der Waals surface area contributed by atoms with Crippen LogP contribution >= 0.6 is 0 Å². The fourth-order valence-corrected chi connectivity index (χ4v) is 4.37. The number of nitrogens with one attached hydrogen (secondary N) is 2. The molecular formula is C18H26N4O4S. The van der Waals surface area contributed by atoms with Crippen molar-refractivity contribution < 1.29 is 8.42 Å². The van der Waals surface area contributed by atoms with E-state index >= 15 is 0 Å². The third kappa shape index (κ3) is 5.15. The van der Waals surface area contributed by atoms with Crippen molar-refractivity contribution >= 4 is 10.0 Å². The van der Waals surface area contributed by atoms with E-state index in [2.05, 4.69) is 10.0 Å². The van der Waals surface area contributed by atoms with Crippen molar-refractivity contribution in [3.8, 4) is 0 Å². The number of hydrogen-bond acceptors (Lipinski definition) is 5. The van der Waals surface area contributed by atoms with Crippen LogP contribution in [0, 0.1) is 0 Å². The Morgan fingerprint density at radius 1 is 1.00 bits per heavy atom. The second kappa shape index (κ2) is 7.79. The predicted octanol–water partition coefficient (Wildman–Crippen LogP) is 0.451. The van der Waals surface area contributed by atoms with E-state index in [0.717, 1.165) is 4.57 Å². The third-order valence-electron chi connectivity index (χ3n) is 3.85. The van der Waals surface area contributed by atoms with Gasteiger partial charge in [-0.25, -0.2) is 17.9 Å². The first-order valence-electron chi connectivity index (χ1n) is 8.50. The van der Waals surface area contributed by atoms with E-state index < -0.39 is 21.3 Å². The fourth-order valence-electron chi connectivity index (χ4n) is 2.71. The van der Waals surface area contributed by atoms with Gasteiger partial charge in [0.2, 0.25) is 10.0 Å². The highest BCUT2D eigenvalue weighted by atomic mass is 32.2. The summed E-state index contributed by atoms with van der Waals surface area (Å²) in [4.78, 5) is 24.1. The Labute approximate surface area is 158 Å². The highest BCUT2D eigenvalue weighted by Crippen LogP contribution is 2.17. The Kier molecular flexibility index (Phi) is 6.08. The summed E-state index contributed by atoms with van der Waals surface area (Å²) in [5.74, 6) is 0. The highest BCUT2D eigenvalue weighted by Gasteiger charge is 2.24. The molecule has 0 radical (unpaired) electrons. The summed E-state index contributed by atoms with van der Waals surface area (Å²) in [6.07, 6.45) is 1.49. The average molecular weight is 394 g/mol. The lowest BCUT2D eigenvalue weighted by Crippen LogP contribution is -2.41. The molecule has 0 unspecified atom stereocenters. The van der Waals surface area contributed by atoms with Crippen LogP contribution in [0.4, 0.5) is 0 Å². The molecule has 0 fully saturated rings. The summed E-state index contributed by atoms with van der Waals surface area (Å²) >= 11 is 0. The molecule has 0 aliphatic carbocycles. The lowest BCUT2D eigenvalue weighted by Gasteiger charge is -2.21. The maximum atomic E-state index is 12.7. The van der Waals surface area contributed by atoms with Gasteiger partial charge in [-0.2, -0.15) is 0 Å². The van der Waals surface area contributed by atoms with Crippen LogP contribution in [-0.4, -0.2) is 23.1 Å². The number of rotatable bonds is 6. The topological polar surface area (TPSA) is 102 Å². The fraction of sp³-hybridized carbons (Fsp3) is 0.444. The number of hydrogen-bond donors (Lipinski definition) is 2. The largest absolute Gasteiger partial charge is 0.330 e. The van der Waals surface area contributed by atoms with Crippen molar-refractivity contribution in [2.75, 3.05) is 0 Å². The molecule has 0 spiro atoms. The molecular weight excluding hydrogens is 368 g/mol. The van der Waals surface area contributed by atoms with Crippen LogP contribution in [0.15, 0.2) is 44.9 Å². The van der Waals surface area contributed by atoms with E-state index in [9.17, 15) is 18.0 Å². The molecule has 0 amide bonds. The van der Waals surface area contributed by atoms with Crippen molar-refractivity contribution in [2.24, 2.45) is 14.1 Å². The second-order valence-electron chi connectivity index (χ2n) is 7.48. The molecule has 0 atom stereocenters. The summed E-state index contributed by atoms with van der Waals surface area (Å²) in [6.45, 7) is 5.80. The zero-order valence-corrected chi connectivity index (χ0v) is 17.1. The van der Waals surface area contributed by atoms with Gasteiger partial charge in [0.25, 0.3) is 5.56 Å². The van der Waals surface area contributed by atoms with Gasteiger partial charge in [-0.1, -0.05) is 18.2 Å². The molecule has 0 saturated carbocycles. The molecule has 1 aromatic carbocycles. The van der Waals surface area contributed by atoms with Crippen LogP contribution in [0.2, 0.25) is 0 Å². The zero-order valence-electron chi connectivity index (χ0n) is 16.2. The number of benzene rings is 1. The second-order valence-corrected chi connectivity index (χ2v) is 9.13. The number of aromatic nitrogens is 2. The highest BCUT2D eigenvalue weighted by molar-refractivity contribution is 7.89. The Morgan fingerprint density at radius 2 is 1.59 bits per heavy atom.